The van der Waals surface area contributed by atoms with Gasteiger partial charge in [-0.3, -0.25) is 0 Å². The summed E-state index contributed by atoms with van der Waals surface area (Å²) in [5.41, 5.74) is 1.98. The van der Waals surface area contributed by atoms with Gasteiger partial charge >= 0.3 is 0 Å². The van der Waals surface area contributed by atoms with Gasteiger partial charge in [0.2, 0.25) is 5.75 Å². The maximum Gasteiger partial charge on any atom is 0.204 e. The van der Waals surface area contributed by atoms with Crippen LogP contribution in [0.4, 0.5) is 5.82 Å². The molecule has 1 aromatic heterocycles. The van der Waals surface area contributed by atoms with Crippen LogP contribution in [-0.4, -0.2) is 44.6 Å². The average molecular weight is 404 g/mol. The summed E-state index contributed by atoms with van der Waals surface area (Å²) in [5.74, 6) is 3.04. The lowest BCUT2D eigenvalue weighted by molar-refractivity contribution is 0.327. The molecule has 0 amide bonds. The number of piperidine rings is 1. The fraction of sp³-hybridized carbons (Fsp3) is 0.348. The van der Waals surface area contributed by atoms with Crippen molar-refractivity contribution >= 4 is 16.6 Å². The largest absolute Gasteiger partial charge is 0.493 e. The van der Waals surface area contributed by atoms with E-state index in [1.54, 1.807) is 27.5 Å². The summed E-state index contributed by atoms with van der Waals surface area (Å²) in [6.07, 6.45) is 3.71. The fourth-order valence-corrected chi connectivity index (χ4v) is 4.17. The molecule has 2 heterocycles. The molecule has 0 unspecified atom stereocenters. The summed E-state index contributed by atoms with van der Waals surface area (Å²) in [6, 6.07) is 12.0. The molecular weight excluding hydrogens is 380 g/mol. The quantitative estimate of drug-likeness (QED) is 0.638. The number of fused-ring (bicyclic) bond motifs is 1. The van der Waals surface area contributed by atoms with Crippen LogP contribution in [0.25, 0.3) is 10.8 Å². The van der Waals surface area contributed by atoms with E-state index >= 15 is 0 Å². The van der Waals surface area contributed by atoms with E-state index in [9.17, 15) is 0 Å². The molecular formula is C23H24N4O3. The van der Waals surface area contributed by atoms with Crippen LogP contribution in [0.2, 0.25) is 0 Å². The Kier molecular flexibility index (Phi) is 5.57. The standard InChI is InChI=1S/C23H24N4O3/c1-28-20-12-18-19(21(29-2)22(20)30-3)14-25-26-23(18)27-10-8-17(9-11-27)16-6-4-15(13-24)5-7-16/h4-7,12,14,17H,8-11H2,1-3H3. The highest BCUT2D eigenvalue weighted by Gasteiger charge is 2.25. The number of hydrogen-bond donors (Lipinski definition) is 0. The smallest absolute Gasteiger partial charge is 0.204 e. The molecule has 30 heavy (non-hydrogen) atoms. The first-order valence-electron chi connectivity index (χ1n) is 9.89. The number of nitriles is 1. The van der Waals surface area contributed by atoms with Gasteiger partial charge in [0.25, 0.3) is 0 Å². The Balaban J connectivity index is 1.63. The monoisotopic (exact) mass is 404 g/mol. The molecule has 1 aliphatic rings. The minimum Gasteiger partial charge on any atom is -0.493 e. The molecule has 3 aromatic rings. The number of ether oxygens (including phenoxy) is 3. The summed E-state index contributed by atoms with van der Waals surface area (Å²) in [5, 5.41) is 19.4. The fourth-order valence-electron chi connectivity index (χ4n) is 4.17. The van der Waals surface area contributed by atoms with E-state index in [-0.39, 0.29) is 0 Å². The van der Waals surface area contributed by atoms with Crippen molar-refractivity contribution < 1.29 is 14.2 Å². The van der Waals surface area contributed by atoms with Gasteiger partial charge in [-0.25, -0.2) is 0 Å². The Morgan fingerprint density at radius 3 is 2.27 bits per heavy atom. The first kappa shape index (κ1) is 19.8. The van der Waals surface area contributed by atoms with Gasteiger partial charge < -0.3 is 19.1 Å². The molecule has 154 valence electrons. The van der Waals surface area contributed by atoms with Gasteiger partial charge in [0.1, 0.15) is 0 Å². The van der Waals surface area contributed by atoms with Crippen molar-refractivity contribution in [3.05, 3.63) is 47.7 Å². The SMILES string of the molecule is COc1cc2c(N3CCC(c4ccc(C#N)cc4)CC3)nncc2c(OC)c1OC. The van der Waals surface area contributed by atoms with E-state index in [2.05, 4.69) is 33.3 Å². The lowest BCUT2D eigenvalue weighted by Crippen LogP contribution is -2.33. The van der Waals surface area contributed by atoms with Gasteiger partial charge in [0.15, 0.2) is 17.3 Å². The normalized spacial score (nSPS) is 14.4. The molecule has 1 fully saturated rings. The Bertz CT molecular complexity index is 1080. The molecule has 0 spiro atoms. The molecule has 0 aliphatic carbocycles. The lowest BCUT2D eigenvalue weighted by Gasteiger charge is -2.33. The lowest BCUT2D eigenvalue weighted by atomic mass is 9.89. The molecule has 7 nitrogen and oxygen atoms in total. The van der Waals surface area contributed by atoms with Crippen molar-refractivity contribution in [3.8, 4) is 23.3 Å². The van der Waals surface area contributed by atoms with E-state index in [1.807, 2.05) is 18.2 Å². The molecule has 4 rings (SSSR count). The molecule has 1 saturated heterocycles. The second kappa shape index (κ2) is 8.46. The summed E-state index contributed by atoms with van der Waals surface area (Å²) in [6.45, 7) is 1.74. The van der Waals surface area contributed by atoms with E-state index in [1.165, 1.54) is 5.56 Å². The van der Waals surface area contributed by atoms with E-state index in [0.29, 0.717) is 28.7 Å². The average Bonchev–Trinajstić information content (AvgIpc) is 2.82. The Morgan fingerprint density at radius 2 is 1.67 bits per heavy atom. The van der Waals surface area contributed by atoms with Gasteiger partial charge in [-0.05, 0) is 42.5 Å². The van der Waals surface area contributed by atoms with Gasteiger partial charge in [-0.1, -0.05) is 12.1 Å². The minimum absolute atomic E-state index is 0.473. The predicted molar refractivity (Wildman–Crippen MR) is 115 cm³/mol. The number of nitrogens with zero attached hydrogens (tertiary/aromatic N) is 4. The third-order valence-electron chi connectivity index (χ3n) is 5.75. The number of anilines is 1. The molecule has 0 atom stereocenters. The van der Waals surface area contributed by atoms with E-state index < -0.39 is 0 Å². The van der Waals surface area contributed by atoms with Crippen LogP contribution in [0, 0.1) is 11.3 Å². The van der Waals surface area contributed by atoms with Crippen molar-refractivity contribution in [2.45, 2.75) is 18.8 Å². The summed E-state index contributed by atoms with van der Waals surface area (Å²) in [4.78, 5) is 2.26. The van der Waals surface area contributed by atoms with Gasteiger partial charge in [0, 0.05) is 18.5 Å². The first-order chi connectivity index (χ1) is 14.7. The second-order valence-corrected chi connectivity index (χ2v) is 7.27. The van der Waals surface area contributed by atoms with Crippen LogP contribution in [0.3, 0.4) is 0 Å². The van der Waals surface area contributed by atoms with Crippen molar-refractivity contribution in [1.82, 2.24) is 10.2 Å². The number of hydrogen-bond acceptors (Lipinski definition) is 7. The van der Waals surface area contributed by atoms with Crippen LogP contribution in [-0.2, 0) is 0 Å². The number of benzene rings is 2. The third-order valence-corrected chi connectivity index (χ3v) is 5.75. The Labute approximate surface area is 175 Å². The highest BCUT2D eigenvalue weighted by molar-refractivity contribution is 5.99. The van der Waals surface area contributed by atoms with Crippen LogP contribution in [0.1, 0.15) is 29.9 Å². The third kappa shape index (κ3) is 3.45. The van der Waals surface area contributed by atoms with E-state index in [0.717, 1.165) is 42.5 Å². The van der Waals surface area contributed by atoms with Crippen molar-refractivity contribution in [3.63, 3.8) is 0 Å². The molecule has 0 bridgehead atoms. The van der Waals surface area contributed by atoms with Gasteiger partial charge in [-0.15, -0.1) is 5.10 Å². The molecule has 0 saturated carbocycles. The highest BCUT2D eigenvalue weighted by Crippen LogP contribution is 2.45. The van der Waals surface area contributed by atoms with Gasteiger partial charge in [0.05, 0.1) is 44.5 Å². The topological polar surface area (TPSA) is 80.5 Å². The van der Waals surface area contributed by atoms with Gasteiger partial charge in [-0.2, -0.15) is 10.4 Å². The summed E-state index contributed by atoms with van der Waals surface area (Å²) >= 11 is 0. The second-order valence-electron chi connectivity index (χ2n) is 7.27. The number of rotatable bonds is 5. The zero-order valence-corrected chi connectivity index (χ0v) is 17.4. The zero-order chi connectivity index (χ0) is 21.1. The molecule has 7 heteroatoms. The number of aromatic nitrogens is 2. The van der Waals surface area contributed by atoms with Crippen molar-refractivity contribution in [2.75, 3.05) is 39.3 Å². The Morgan fingerprint density at radius 1 is 0.967 bits per heavy atom. The Hall–Kier alpha value is -3.53. The van der Waals surface area contributed by atoms with Crippen LogP contribution in [0.15, 0.2) is 36.5 Å². The van der Waals surface area contributed by atoms with Crippen molar-refractivity contribution in [2.24, 2.45) is 0 Å². The molecule has 2 aromatic carbocycles. The highest BCUT2D eigenvalue weighted by atomic mass is 16.5. The summed E-state index contributed by atoms with van der Waals surface area (Å²) < 4.78 is 16.6. The molecule has 0 radical (unpaired) electrons. The summed E-state index contributed by atoms with van der Waals surface area (Å²) in [7, 11) is 4.82. The predicted octanol–water partition coefficient (Wildman–Crippen LogP) is 3.91. The van der Waals surface area contributed by atoms with Crippen molar-refractivity contribution in [1.29, 1.82) is 5.26 Å². The van der Waals surface area contributed by atoms with Crippen LogP contribution < -0.4 is 19.1 Å². The van der Waals surface area contributed by atoms with Crippen LogP contribution in [0.5, 0.6) is 17.2 Å². The number of methoxy groups -OCH3 is 3. The first-order valence-corrected chi connectivity index (χ1v) is 9.89. The minimum atomic E-state index is 0.473. The maximum atomic E-state index is 9.00. The zero-order valence-electron chi connectivity index (χ0n) is 17.4. The maximum absolute atomic E-state index is 9.00. The van der Waals surface area contributed by atoms with E-state index in [4.69, 9.17) is 19.5 Å². The molecule has 1 aliphatic heterocycles. The molecule has 0 N–H and O–H groups in total. The van der Waals surface area contributed by atoms with Crippen LogP contribution >= 0.6 is 0 Å².